The fourth-order valence-corrected chi connectivity index (χ4v) is 1.94. The lowest BCUT2D eigenvalue weighted by molar-refractivity contribution is 0.0603. The summed E-state index contributed by atoms with van der Waals surface area (Å²) < 4.78 is 10.0. The molecule has 0 bridgehead atoms. The zero-order valence-corrected chi connectivity index (χ0v) is 9.14. The highest BCUT2D eigenvalue weighted by atomic mass is 16.5. The van der Waals surface area contributed by atoms with Crippen molar-refractivity contribution >= 4 is 27.8 Å². The van der Waals surface area contributed by atoms with Crippen molar-refractivity contribution in [3.63, 3.8) is 0 Å². The van der Waals surface area contributed by atoms with E-state index in [-0.39, 0.29) is 5.97 Å². The van der Waals surface area contributed by atoms with Crippen LogP contribution in [0.5, 0.6) is 0 Å². The van der Waals surface area contributed by atoms with Gasteiger partial charge in [0.05, 0.1) is 30.6 Å². The molecule has 0 saturated heterocycles. The second-order valence-electron chi connectivity index (χ2n) is 3.65. The van der Waals surface area contributed by atoms with Crippen LogP contribution in [-0.4, -0.2) is 18.1 Å². The number of fused-ring (bicyclic) bond motifs is 3. The minimum absolute atomic E-state index is 0.383. The normalized spacial score (nSPS) is 10.9. The number of nitrogens with zero attached hydrogens (tertiary/aromatic N) is 1. The summed E-state index contributed by atoms with van der Waals surface area (Å²) in [5, 5.41) is 1.83. The van der Waals surface area contributed by atoms with Gasteiger partial charge in [-0.3, -0.25) is 4.98 Å². The lowest BCUT2D eigenvalue weighted by Gasteiger charge is -2.03. The fourth-order valence-electron chi connectivity index (χ4n) is 1.94. The summed E-state index contributed by atoms with van der Waals surface area (Å²) in [7, 11) is 1.36. The van der Waals surface area contributed by atoms with Crippen molar-refractivity contribution in [1.82, 2.24) is 4.98 Å². The van der Waals surface area contributed by atoms with Gasteiger partial charge in [-0.2, -0.15) is 0 Å². The van der Waals surface area contributed by atoms with Crippen LogP contribution in [0.25, 0.3) is 21.9 Å². The minimum Gasteiger partial charge on any atom is -0.465 e. The Hall–Kier alpha value is -2.36. The molecule has 3 rings (SSSR count). The van der Waals surface area contributed by atoms with Crippen molar-refractivity contribution in [1.29, 1.82) is 0 Å². The van der Waals surface area contributed by atoms with Crippen molar-refractivity contribution < 1.29 is 13.9 Å². The van der Waals surface area contributed by atoms with Gasteiger partial charge in [-0.1, -0.05) is 12.1 Å². The predicted octanol–water partition coefficient (Wildman–Crippen LogP) is 2.77. The number of furan rings is 1. The first-order valence-corrected chi connectivity index (χ1v) is 5.14. The van der Waals surface area contributed by atoms with Crippen LogP contribution in [0.1, 0.15) is 10.4 Å². The number of carbonyl (C=O) groups is 1. The number of methoxy groups -OCH3 is 1. The van der Waals surface area contributed by atoms with Crippen molar-refractivity contribution in [3.05, 3.63) is 42.3 Å². The summed E-state index contributed by atoms with van der Waals surface area (Å²) in [6, 6.07) is 7.28. The summed E-state index contributed by atoms with van der Waals surface area (Å²) in [4.78, 5) is 15.9. The molecule has 17 heavy (non-hydrogen) atoms. The van der Waals surface area contributed by atoms with E-state index in [9.17, 15) is 4.79 Å². The third kappa shape index (κ3) is 1.38. The molecule has 0 N–H and O–H groups in total. The van der Waals surface area contributed by atoms with E-state index in [4.69, 9.17) is 9.15 Å². The quantitative estimate of drug-likeness (QED) is 0.600. The summed E-state index contributed by atoms with van der Waals surface area (Å²) >= 11 is 0. The molecule has 2 heterocycles. The number of para-hydroxylation sites is 1. The molecule has 4 heteroatoms. The Labute approximate surface area is 96.8 Å². The Morgan fingerprint density at radius 3 is 3.00 bits per heavy atom. The van der Waals surface area contributed by atoms with Gasteiger partial charge in [0.15, 0.2) is 5.58 Å². The van der Waals surface area contributed by atoms with Gasteiger partial charge >= 0.3 is 5.97 Å². The van der Waals surface area contributed by atoms with Gasteiger partial charge in [-0.25, -0.2) is 4.79 Å². The van der Waals surface area contributed by atoms with Crippen molar-refractivity contribution in [2.75, 3.05) is 7.11 Å². The summed E-state index contributed by atoms with van der Waals surface area (Å²) in [6.07, 6.45) is 3.22. The molecular formula is C13H9NO3. The highest BCUT2D eigenvalue weighted by Crippen LogP contribution is 2.26. The highest BCUT2D eigenvalue weighted by molar-refractivity contribution is 6.11. The maximum atomic E-state index is 11.6. The van der Waals surface area contributed by atoms with Crippen LogP contribution in [0.2, 0.25) is 0 Å². The molecule has 0 fully saturated rings. The first kappa shape index (κ1) is 9.84. The van der Waals surface area contributed by atoms with E-state index < -0.39 is 0 Å². The maximum Gasteiger partial charge on any atom is 0.340 e. The van der Waals surface area contributed by atoms with E-state index in [2.05, 4.69) is 4.98 Å². The van der Waals surface area contributed by atoms with E-state index in [1.165, 1.54) is 7.11 Å². The number of aromatic nitrogens is 1. The summed E-state index contributed by atoms with van der Waals surface area (Å²) in [6.45, 7) is 0. The lowest BCUT2D eigenvalue weighted by atomic mass is 10.1. The molecule has 84 valence electrons. The van der Waals surface area contributed by atoms with Gasteiger partial charge < -0.3 is 9.15 Å². The van der Waals surface area contributed by atoms with E-state index in [0.29, 0.717) is 16.7 Å². The highest BCUT2D eigenvalue weighted by Gasteiger charge is 2.13. The van der Waals surface area contributed by atoms with E-state index >= 15 is 0 Å². The second-order valence-corrected chi connectivity index (χ2v) is 3.65. The topological polar surface area (TPSA) is 52.3 Å². The molecule has 0 unspecified atom stereocenters. The third-order valence-corrected chi connectivity index (χ3v) is 2.74. The van der Waals surface area contributed by atoms with Crippen LogP contribution < -0.4 is 0 Å². The number of ether oxygens (including phenoxy) is 1. The van der Waals surface area contributed by atoms with E-state index in [0.717, 1.165) is 10.8 Å². The molecule has 2 aromatic heterocycles. The third-order valence-electron chi connectivity index (χ3n) is 2.74. The first-order valence-electron chi connectivity index (χ1n) is 5.14. The average Bonchev–Trinajstić information content (AvgIpc) is 2.85. The van der Waals surface area contributed by atoms with Crippen LogP contribution in [0.15, 0.2) is 41.1 Å². The number of hydrogen-bond donors (Lipinski definition) is 0. The molecule has 0 aliphatic rings. The SMILES string of the molecule is COC(=O)c1cccc2c1ncc1occc12. The van der Waals surface area contributed by atoms with Crippen LogP contribution in [0.3, 0.4) is 0 Å². The average molecular weight is 227 g/mol. The molecule has 0 radical (unpaired) electrons. The van der Waals surface area contributed by atoms with Crippen molar-refractivity contribution in [2.45, 2.75) is 0 Å². The lowest BCUT2D eigenvalue weighted by Crippen LogP contribution is -2.02. The number of pyridine rings is 1. The molecule has 0 aliphatic carbocycles. The molecule has 0 saturated carbocycles. The molecule has 4 nitrogen and oxygen atoms in total. The molecule has 1 aromatic carbocycles. The first-order chi connectivity index (χ1) is 8.31. The minimum atomic E-state index is -0.383. The maximum absolute atomic E-state index is 11.6. The van der Waals surface area contributed by atoms with Crippen LogP contribution >= 0.6 is 0 Å². The number of carbonyl (C=O) groups excluding carboxylic acids is 1. The smallest absolute Gasteiger partial charge is 0.340 e. The standard InChI is InChI=1S/C13H9NO3/c1-16-13(15)10-4-2-3-9-8-5-6-17-11(8)7-14-12(9)10/h2-7H,1H3. The molecule has 0 aliphatic heterocycles. The van der Waals surface area contributed by atoms with Gasteiger partial charge in [-0.15, -0.1) is 0 Å². The summed E-state index contributed by atoms with van der Waals surface area (Å²) in [5.41, 5.74) is 1.81. The van der Waals surface area contributed by atoms with Gasteiger partial charge in [-0.05, 0) is 12.1 Å². The van der Waals surface area contributed by atoms with Gasteiger partial charge in [0.25, 0.3) is 0 Å². The van der Waals surface area contributed by atoms with Crippen LogP contribution in [0, 0.1) is 0 Å². The molecule has 3 aromatic rings. The van der Waals surface area contributed by atoms with Gasteiger partial charge in [0.2, 0.25) is 0 Å². The molecular weight excluding hydrogens is 218 g/mol. The zero-order chi connectivity index (χ0) is 11.8. The Morgan fingerprint density at radius 2 is 2.18 bits per heavy atom. The fraction of sp³-hybridized carbons (Fsp3) is 0.0769. The monoisotopic (exact) mass is 227 g/mol. The number of rotatable bonds is 1. The van der Waals surface area contributed by atoms with Crippen molar-refractivity contribution in [3.8, 4) is 0 Å². The van der Waals surface area contributed by atoms with Crippen LogP contribution in [-0.2, 0) is 4.74 Å². The van der Waals surface area contributed by atoms with E-state index in [1.807, 2.05) is 18.2 Å². The van der Waals surface area contributed by atoms with Crippen molar-refractivity contribution in [2.24, 2.45) is 0 Å². The molecule has 0 atom stereocenters. The largest absolute Gasteiger partial charge is 0.465 e. The van der Waals surface area contributed by atoms with Gasteiger partial charge in [0, 0.05) is 10.8 Å². The Balaban J connectivity index is 2.43. The molecule has 0 amide bonds. The Kier molecular flexibility index (Phi) is 2.08. The Morgan fingerprint density at radius 1 is 1.29 bits per heavy atom. The number of hydrogen-bond acceptors (Lipinski definition) is 4. The number of benzene rings is 1. The molecule has 0 spiro atoms. The Bertz CT molecular complexity index is 715. The van der Waals surface area contributed by atoms with E-state index in [1.54, 1.807) is 18.5 Å². The summed E-state index contributed by atoms with van der Waals surface area (Å²) in [5.74, 6) is -0.383. The zero-order valence-electron chi connectivity index (χ0n) is 9.14. The van der Waals surface area contributed by atoms with Crippen LogP contribution in [0.4, 0.5) is 0 Å². The second kappa shape index (κ2) is 3.59. The predicted molar refractivity (Wildman–Crippen MR) is 62.9 cm³/mol. The van der Waals surface area contributed by atoms with Gasteiger partial charge in [0.1, 0.15) is 0 Å². The number of esters is 1.